The van der Waals surface area contributed by atoms with Crippen LogP contribution in [0, 0.1) is 0 Å². The number of ether oxygens (including phenoxy) is 1. The van der Waals surface area contributed by atoms with Gasteiger partial charge in [-0.05, 0) is 37.8 Å². The highest BCUT2D eigenvalue weighted by Gasteiger charge is 2.42. The van der Waals surface area contributed by atoms with E-state index in [4.69, 9.17) is 4.74 Å². The molecule has 3 fully saturated rings. The van der Waals surface area contributed by atoms with Gasteiger partial charge in [0.1, 0.15) is 5.82 Å². The number of piperazine rings is 1. The summed E-state index contributed by atoms with van der Waals surface area (Å²) in [6, 6.07) is 6.75. The number of amides is 2. The molecule has 3 saturated heterocycles. The molecule has 1 atom stereocenters. The van der Waals surface area contributed by atoms with Crippen LogP contribution in [0.3, 0.4) is 0 Å². The molecule has 3 aliphatic heterocycles. The van der Waals surface area contributed by atoms with E-state index in [1.165, 1.54) is 0 Å². The van der Waals surface area contributed by atoms with Crippen LogP contribution in [-0.4, -0.2) is 85.4 Å². The van der Waals surface area contributed by atoms with E-state index in [0.29, 0.717) is 6.04 Å². The molecule has 7 nitrogen and oxygen atoms in total. The number of aromatic nitrogens is 1. The van der Waals surface area contributed by atoms with Crippen molar-refractivity contribution in [2.75, 3.05) is 57.8 Å². The molecule has 27 heavy (non-hydrogen) atoms. The SMILES string of the molecule is CNC(=O)N1CCC2(CC1)CC(N1CCN(c3ccccn3)CC1)CCO2. The Morgan fingerprint density at radius 1 is 1.19 bits per heavy atom. The van der Waals surface area contributed by atoms with E-state index in [0.717, 1.165) is 77.4 Å². The number of hydrogen-bond donors (Lipinski definition) is 1. The van der Waals surface area contributed by atoms with Crippen LogP contribution in [0.2, 0.25) is 0 Å². The molecule has 4 rings (SSSR count). The van der Waals surface area contributed by atoms with Gasteiger partial charge in [-0.2, -0.15) is 0 Å². The number of carbonyl (C=O) groups excluding carboxylic acids is 1. The molecule has 0 bridgehead atoms. The summed E-state index contributed by atoms with van der Waals surface area (Å²) >= 11 is 0. The summed E-state index contributed by atoms with van der Waals surface area (Å²) in [6.45, 7) is 6.66. The fourth-order valence-electron chi connectivity index (χ4n) is 4.79. The molecule has 2 amide bonds. The van der Waals surface area contributed by atoms with Gasteiger partial charge >= 0.3 is 6.03 Å². The van der Waals surface area contributed by atoms with Crippen molar-refractivity contribution in [1.82, 2.24) is 20.1 Å². The first-order chi connectivity index (χ1) is 13.2. The Morgan fingerprint density at radius 2 is 1.96 bits per heavy atom. The number of anilines is 1. The van der Waals surface area contributed by atoms with Gasteiger partial charge in [-0.3, -0.25) is 4.90 Å². The van der Waals surface area contributed by atoms with E-state index in [2.05, 4.69) is 32.2 Å². The molecule has 0 aliphatic carbocycles. The third kappa shape index (κ3) is 4.04. The Kier molecular flexibility index (Phi) is 5.50. The van der Waals surface area contributed by atoms with Crippen LogP contribution in [0.15, 0.2) is 24.4 Å². The molecule has 0 aromatic carbocycles. The third-order valence-corrected chi connectivity index (χ3v) is 6.45. The van der Waals surface area contributed by atoms with Gasteiger partial charge in [-0.1, -0.05) is 6.07 Å². The van der Waals surface area contributed by atoms with Crippen LogP contribution in [0.1, 0.15) is 25.7 Å². The second-order valence-electron chi connectivity index (χ2n) is 7.93. The molecule has 1 spiro atoms. The number of likely N-dealkylation sites (tertiary alicyclic amines) is 1. The zero-order chi connectivity index (χ0) is 18.7. The van der Waals surface area contributed by atoms with Crippen LogP contribution in [-0.2, 0) is 4.74 Å². The summed E-state index contributed by atoms with van der Waals surface area (Å²) < 4.78 is 6.27. The van der Waals surface area contributed by atoms with Gasteiger partial charge in [0.15, 0.2) is 0 Å². The molecule has 1 N–H and O–H groups in total. The van der Waals surface area contributed by atoms with Gasteiger partial charge in [-0.25, -0.2) is 9.78 Å². The van der Waals surface area contributed by atoms with E-state index in [9.17, 15) is 4.79 Å². The van der Waals surface area contributed by atoms with Crippen molar-refractivity contribution in [3.05, 3.63) is 24.4 Å². The summed E-state index contributed by atoms with van der Waals surface area (Å²) in [6.07, 6.45) is 5.98. The molecule has 3 aliphatic rings. The summed E-state index contributed by atoms with van der Waals surface area (Å²) in [4.78, 5) is 23.3. The van der Waals surface area contributed by atoms with Gasteiger partial charge < -0.3 is 19.9 Å². The Hall–Kier alpha value is -1.86. The van der Waals surface area contributed by atoms with Gasteiger partial charge in [0, 0.05) is 65.2 Å². The molecule has 148 valence electrons. The minimum atomic E-state index is -0.0362. The number of rotatable bonds is 2. The first-order valence-electron chi connectivity index (χ1n) is 10.2. The molecule has 7 heteroatoms. The zero-order valence-corrected chi connectivity index (χ0v) is 16.3. The third-order valence-electron chi connectivity index (χ3n) is 6.45. The van der Waals surface area contributed by atoms with Gasteiger partial charge in [0.25, 0.3) is 0 Å². The molecule has 1 unspecified atom stereocenters. The number of pyridine rings is 1. The quantitative estimate of drug-likeness (QED) is 0.852. The fraction of sp³-hybridized carbons (Fsp3) is 0.700. The Labute approximate surface area is 161 Å². The molecular weight excluding hydrogens is 342 g/mol. The number of carbonyl (C=O) groups is 1. The maximum Gasteiger partial charge on any atom is 0.317 e. The van der Waals surface area contributed by atoms with Crippen molar-refractivity contribution in [1.29, 1.82) is 0 Å². The minimum Gasteiger partial charge on any atom is -0.375 e. The fourth-order valence-corrected chi connectivity index (χ4v) is 4.79. The number of nitrogens with one attached hydrogen (secondary N) is 1. The highest BCUT2D eigenvalue weighted by Crippen LogP contribution is 2.37. The van der Waals surface area contributed by atoms with Crippen LogP contribution >= 0.6 is 0 Å². The zero-order valence-electron chi connectivity index (χ0n) is 16.3. The first kappa shape index (κ1) is 18.5. The lowest BCUT2D eigenvalue weighted by atomic mass is 9.81. The van der Waals surface area contributed by atoms with Crippen molar-refractivity contribution in [3.8, 4) is 0 Å². The first-order valence-corrected chi connectivity index (χ1v) is 10.2. The van der Waals surface area contributed by atoms with Crippen LogP contribution in [0.4, 0.5) is 10.6 Å². The molecule has 1 aromatic rings. The van der Waals surface area contributed by atoms with Crippen molar-refractivity contribution in [2.24, 2.45) is 0 Å². The lowest BCUT2D eigenvalue weighted by Gasteiger charge is -2.49. The summed E-state index contributed by atoms with van der Waals surface area (Å²) in [7, 11) is 1.70. The predicted octanol–water partition coefficient (Wildman–Crippen LogP) is 1.56. The van der Waals surface area contributed by atoms with Crippen molar-refractivity contribution < 1.29 is 9.53 Å². The van der Waals surface area contributed by atoms with Crippen LogP contribution < -0.4 is 10.2 Å². The average molecular weight is 374 g/mol. The summed E-state index contributed by atoms with van der Waals surface area (Å²) in [5.41, 5.74) is -0.0362. The smallest absolute Gasteiger partial charge is 0.317 e. The topological polar surface area (TPSA) is 60.9 Å². The minimum absolute atomic E-state index is 0.0304. The van der Waals surface area contributed by atoms with E-state index in [1.807, 2.05) is 17.2 Å². The highest BCUT2D eigenvalue weighted by atomic mass is 16.5. The van der Waals surface area contributed by atoms with E-state index < -0.39 is 0 Å². The number of nitrogens with zero attached hydrogens (tertiary/aromatic N) is 4. The lowest BCUT2D eigenvalue weighted by Crippen LogP contribution is -2.58. The standard InChI is InChI=1S/C20H31N5O2/c1-21-19(26)25-9-6-20(7-10-25)16-17(5-15-27-20)23-11-13-24(14-12-23)18-4-2-3-8-22-18/h2-4,8,17H,5-7,9-16H2,1H3,(H,21,26). The molecule has 1 aromatic heterocycles. The van der Waals surface area contributed by atoms with Crippen LogP contribution in [0.5, 0.6) is 0 Å². The molecule has 0 radical (unpaired) electrons. The molecular formula is C20H31N5O2. The largest absolute Gasteiger partial charge is 0.375 e. The Bertz CT molecular complexity index is 625. The predicted molar refractivity (Wildman–Crippen MR) is 105 cm³/mol. The van der Waals surface area contributed by atoms with Gasteiger partial charge in [0.05, 0.1) is 5.60 Å². The van der Waals surface area contributed by atoms with Crippen molar-refractivity contribution >= 4 is 11.8 Å². The summed E-state index contributed by atoms with van der Waals surface area (Å²) in [5, 5.41) is 2.73. The monoisotopic (exact) mass is 373 g/mol. The second kappa shape index (κ2) is 8.02. The maximum absolute atomic E-state index is 11.9. The lowest BCUT2D eigenvalue weighted by molar-refractivity contribution is -0.129. The van der Waals surface area contributed by atoms with E-state index >= 15 is 0 Å². The Morgan fingerprint density at radius 3 is 2.63 bits per heavy atom. The van der Waals surface area contributed by atoms with Crippen molar-refractivity contribution in [3.63, 3.8) is 0 Å². The maximum atomic E-state index is 11.9. The summed E-state index contributed by atoms with van der Waals surface area (Å²) in [5.74, 6) is 1.09. The van der Waals surface area contributed by atoms with E-state index in [-0.39, 0.29) is 11.6 Å². The Balaban J connectivity index is 1.31. The van der Waals surface area contributed by atoms with Crippen LogP contribution in [0.25, 0.3) is 0 Å². The molecule has 4 heterocycles. The normalized spacial score (nSPS) is 26.2. The van der Waals surface area contributed by atoms with E-state index in [1.54, 1.807) is 7.05 Å². The van der Waals surface area contributed by atoms with Crippen molar-refractivity contribution in [2.45, 2.75) is 37.3 Å². The number of urea groups is 1. The molecule has 0 saturated carbocycles. The average Bonchev–Trinajstić information content (AvgIpc) is 2.74. The highest BCUT2D eigenvalue weighted by molar-refractivity contribution is 5.73. The van der Waals surface area contributed by atoms with Gasteiger partial charge in [0.2, 0.25) is 0 Å². The second-order valence-corrected chi connectivity index (χ2v) is 7.93. The number of hydrogen-bond acceptors (Lipinski definition) is 5. The number of piperidine rings is 1. The van der Waals surface area contributed by atoms with Gasteiger partial charge in [-0.15, -0.1) is 0 Å².